The summed E-state index contributed by atoms with van der Waals surface area (Å²) in [5, 5.41) is 2.91. The summed E-state index contributed by atoms with van der Waals surface area (Å²) in [6, 6.07) is 1.45. The topological polar surface area (TPSA) is 45.2 Å². The Labute approximate surface area is 126 Å². The number of rotatable bonds is 8. The molecule has 0 aliphatic rings. The molecule has 0 bridgehead atoms. The lowest BCUT2D eigenvalue weighted by molar-refractivity contribution is 0.0736. The van der Waals surface area contributed by atoms with Gasteiger partial charge in [-0.15, -0.1) is 0 Å². The third-order valence-corrected chi connectivity index (χ3v) is 3.56. The standard InChI is InChI=1S/C16H26FN3O/c1-5-9-18-15-14(17)13(8-10-19-15)16(21)20(7-3)11-12(4)6-2/h8,10,12H,5-7,9,11H2,1-4H3,(H,18,19). The maximum atomic E-state index is 14.4. The van der Waals surface area contributed by atoms with E-state index in [0.717, 1.165) is 12.8 Å². The van der Waals surface area contributed by atoms with Crippen molar-refractivity contribution in [2.75, 3.05) is 25.0 Å². The van der Waals surface area contributed by atoms with Crippen LogP contribution in [0.4, 0.5) is 10.2 Å². The van der Waals surface area contributed by atoms with Crippen molar-refractivity contribution in [1.29, 1.82) is 0 Å². The number of hydrogen-bond donors (Lipinski definition) is 1. The van der Waals surface area contributed by atoms with Crippen molar-refractivity contribution < 1.29 is 9.18 Å². The van der Waals surface area contributed by atoms with Gasteiger partial charge in [-0.3, -0.25) is 4.79 Å². The molecule has 0 aliphatic carbocycles. The number of pyridine rings is 1. The van der Waals surface area contributed by atoms with Gasteiger partial charge < -0.3 is 10.2 Å². The van der Waals surface area contributed by atoms with Gasteiger partial charge in [0.05, 0.1) is 5.56 Å². The number of amides is 1. The summed E-state index contributed by atoms with van der Waals surface area (Å²) in [6.07, 6.45) is 3.34. The van der Waals surface area contributed by atoms with E-state index in [0.29, 0.717) is 25.6 Å². The zero-order valence-electron chi connectivity index (χ0n) is 13.4. The fraction of sp³-hybridized carbons (Fsp3) is 0.625. The van der Waals surface area contributed by atoms with Crippen LogP contribution >= 0.6 is 0 Å². The summed E-state index contributed by atoms with van der Waals surface area (Å²) >= 11 is 0. The van der Waals surface area contributed by atoms with Gasteiger partial charge in [0, 0.05) is 25.8 Å². The smallest absolute Gasteiger partial charge is 0.257 e. The van der Waals surface area contributed by atoms with Gasteiger partial charge in [-0.05, 0) is 25.3 Å². The van der Waals surface area contributed by atoms with E-state index in [1.54, 1.807) is 4.90 Å². The van der Waals surface area contributed by atoms with Gasteiger partial charge in [0.25, 0.3) is 5.91 Å². The molecular weight excluding hydrogens is 269 g/mol. The fourth-order valence-electron chi connectivity index (χ4n) is 2.01. The molecular formula is C16H26FN3O. The molecule has 1 aromatic rings. The van der Waals surface area contributed by atoms with E-state index in [2.05, 4.69) is 24.1 Å². The first-order chi connectivity index (χ1) is 10.0. The zero-order chi connectivity index (χ0) is 15.8. The first-order valence-electron chi connectivity index (χ1n) is 7.72. The van der Waals surface area contributed by atoms with Crippen LogP contribution < -0.4 is 5.32 Å². The van der Waals surface area contributed by atoms with Crippen LogP contribution in [0.25, 0.3) is 0 Å². The van der Waals surface area contributed by atoms with E-state index in [1.807, 2.05) is 13.8 Å². The molecule has 0 spiro atoms. The maximum Gasteiger partial charge on any atom is 0.257 e. The Morgan fingerprint density at radius 2 is 2.14 bits per heavy atom. The Hall–Kier alpha value is -1.65. The van der Waals surface area contributed by atoms with E-state index in [4.69, 9.17) is 0 Å². The molecule has 118 valence electrons. The summed E-state index contributed by atoms with van der Waals surface area (Å²) in [5.74, 6) is -0.269. The van der Waals surface area contributed by atoms with Crippen LogP contribution in [0.3, 0.4) is 0 Å². The van der Waals surface area contributed by atoms with Gasteiger partial charge in [0.1, 0.15) is 0 Å². The van der Waals surface area contributed by atoms with Crippen LogP contribution in [0.1, 0.15) is 50.9 Å². The lowest BCUT2D eigenvalue weighted by atomic mass is 10.1. The number of aromatic nitrogens is 1. The molecule has 0 saturated carbocycles. The number of hydrogen-bond acceptors (Lipinski definition) is 3. The number of nitrogens with one attached hydrogen (secondary N) is 1. The Morgan fingerprint density at radius 3 is 2.71 bits per heavy atom. The van der Waals surface area contributed by atoms with Gasteiger partial charge >= 0.3 is 0 Å². The van der Waals surface area contributed by atoms with Crippen molar-refractivity contribution >= 4 is 11.7 Å². The monoisotopic (exact) mass is 295 g/mol. The van der Waals surface area contributed by atoms with Gasteiger partial charge in [-0.2, -0.15) is 0 Å². The predicted molar refractivity (Wildman–Crippen MR) is 84.0 cm³/mol. The lowest BCUT2D eigenvalue weighted by Gasteiger charge is -2.24. The second-order valence-electron chi connectivity index (χ2n) is 5.31. The summed E-state index contributed by atoms with van der Waals surface area (Å²) < 4.78 is 14.4. The normalized spacial score (nSPS) is 12.0. The fourth-order valence-corrected chi connectivity index (χ4v) is 2.01. The largest absolute Gasteiger partial charge is 0.368 e. The van der Waals surface area contributed by atoms with Gasteiger partial charge in [0.15, 0.2) is 11.6 Å². The van der Waals surface area contributed by atoms with Crippen LogP contribution in [-0.2, 0) is 0 Å². The van der Waals surface area contributed by atoms with Crippen molar-refractivity contribution in [3.05, 3.63) is 23.6 Å². The highest BCUT2D eigenvalue weighted by Crippen LogP contribution is 2.18. The number of halogens is 1. The molecule has 5 heteroatoms. The third kappa shape index (κ3) is 4.69. The number of nitrogens with zero attached hydrogens (tertiary/aromatic N) is 2. The molecule has 0 fully saturated rings. The second kappa shape index (κ2) is 8.60. The van der Waals surface area contributed by atoms with E-state index in [-0.39, 0.29) is 17.3 Å². The molecule has 1 rings (SSSR count). The minimum absolute atomic E-state index is 0.0914. The van der Waals surface area contributed by atoms with Crippen LogP contribution in [-0.4, -0.2) is 35.4 Å². The molecule has 1 N–H and O–H groups in total. The van der Waals surface area contributed by atoms with Crippen molar-refractivity contribution in [1.82, 2.24) is 9.88 Å². The highest BCUT2D eigenvalue weighted by Gasteiger charge is 2.21. The highest BCUT2D eigenvalue weighted by atomic mass is 19.1. The van der Waals surface area contributed by atoms with Crippen LogP contribution in [0.5, 0.6) is 0 Å². The molecule has 1 amide bonds. The Balaban J connectivity index is 2.94. The summed E-state index contributed by atoms with van der Waals surface area (Å²) in [5.41, 5.74) is 0.0914. The number of carbonyl (C=O) groups excluding carboxylic acids is 1. The Morgan fingerprint density at radius 1 is 1.43 bits per heavy atom. The number of anilines is 1. The van der Waals surface area contributed by atoms with Crippen LogP contribution in [0, 0.1) is 11.7 Å². The van der Waals surface area contributed by atoms with E-state index >= 15 is 0 Å². The molecule has 0 aliphatic heterocycles. The number of carbonyl (C=O) groups is 1. The minimum Gasteiger partial charge on any atom is -0.368 e. The average molecular weight is 295 g/mol. The highest BCUT2D eigenvalue weighted by molar-refractivity contribution is 5.95. The quantitative estimate of drug-likeness (QED) is 0.797. The van der Waals surface area contributed by atoms with Crippen molar-refractivity contribution in [2.45, 2.75) is 40.5 Å². The predicted octanol–water partition coefficient (Wildman–Crippen LogP) is 3.55. The summed E-state index contributed by atoms with van der Waals surface area (Å²) in [7, 11) is 0. The molecule has 1 unspecified atom stereocenters. The summed E-state index contributed by atoms with van der Waals surface area (Å²) in [4.78, 5) is 18.2. The second-order valence-corrected chi connectivity index (χ2v) is 5.31. The molecule has 0 saturated heterocycles. The summed E-state index contributed by atoms with van der Waals surface area (Å²) in [6.45, 7) is 9.93. The van der Waals surface area contributed by atoms with Gasteiger partial charge in [0.2, 0.25) is 0 Å². The van der Waals surface area contributed by atoms with Crippen molar-refractivity contribution in [3.63, 3.8) is 0 Å². The molecule has 0 aromatic carbocycles. The molecule has 21 heavy (non-hydrogen) atoms. The van der Waals surface area contributed by atoms with Gasteiger partial charge in [-0.25, -0.2) is 9.37 Å². The van der Waals surface area contributed by atoms with Crippen molar-refractivity contribution in [2.24, 2.45) is 5.92 Å². The van der Waals surface area contributed by atoms with E-state index in [1.165, 1.54) is 12.3 Å². The van der Waals surface area contributed by atoms with E-state index < -0.39 is 5.82 Å². The molecule has 1 aromatic heterocycles. The Kier molecular flexibility index (Phi) is 7.12. The molecule has 1 heterocycles. The average Bonchev–Trinajstić information content (AvgIpc) is 2.50. The van der Waals surface area contributed by atoms with E-state index in [9.17, 15) is 9.18 Å². The SMILES string of the molecule is CCCNc1nccc(C(=O)N(CC)CC(C)CC)c1F. The third-order valence-electron chi connectivity index (χ3n) is 3.56. The first-order valence-corrected chi connectivity index (χ1v) is 7.72. The molecule has 1 atom stereocenters. The first kappa shape index (κ1) is 17.4. The zero-order valence-corrected chi connectivity index (χ0v) is 13.4. The Bertz CT molecular complexity index is 465. The lowest BCUT2D eigenvalue weighted by Crippen LogP contribution is -2.35. The minimum atomic E-state index is -0.557. The molecule has 0 radical (unpaired) electrons. The van der Waals surface area contributed by atoms with Crippen LogP contribution in [0.15, 0.2) is 12.3 Å². The van der Waals surface area contributed by atoms with Gasteiger partial charge in [-0.1, -0.05) is 27.2 Å². The molecule has 4 nitrogen and oxygen atoms in total. The maximum absolute atomic E-state index is 14.4. The van der Waals surface area contributed by atoms with Crippen molar-refractivity contribution in [3.8, 4) is 0 Å². The van der Waals surface area contributed by atoms with Crippen LogP contribution in [0.2, 0.25) is 0 Å².